The fourth-order valence-electron chi connectivity index (χ4n) is 5.69. The van der Waals surface area contributed by atoms with Crippen molar-refractivity contribution in [1.82, 2.24) is 0 Å². The third-order valence-corrected chi connectivity index (χ3v) is 14.9. The van der Waals surface area contributed by atoms with E-state index in [9.17, 15) is 0 Å². The van der Waals surface area contributed by atoms with Crippen LogP contribution in [-0.2, 0) is 33.7 Å². The summed E-state index contributed by atoms with van der Waals surface area (Å²) in [7, 11) is 10.8. The number of hydrogen-bond acceptors (Lipinski definition) is 0. The zero-order valence-corrected chi connectivity index (χ0v) is 40.7. The second kappa shape index (κ2) is 24.6. The quantitative estimate of drug-likeness (QED) is 0.0496. The molecular formula is C40H42Cl8Si3Zr. The van der Waals surface area contributed by atoms with Gasteiger partial charge in [-0.2, -0.15) is 12.1 Å². The summed E-state index contributed by atoms with van der Waals surface area (Å²) < 4.78 is 0. The van der Waals surface area contributed by atoms with E-state index in [1.54, 1.807) is 0 Å². The predicted octanol–water partition coefficient (Wildman–Crippen LogP) is 16.6. The van der Waals surface area contributed by atoms with E-state index in [0.29, 0.717) is 0 Å². The van der Waals surface area contributed by atoms with E-state index in [4.69, 9.17) is 83.5 Å². The standard InChI is InChI=1S/2C17H15.C6H12Cl6Si3.2ClH.Zr/c2*1-2-13-11-15-9-6-10-16(17(15)12-13)14-7-4-3-5-8-14;7-14(8,9)5-1-3-13-4-2-6-15(10,11)12;;;/h2*3-12H,2H2,1H3;1-6H2;2*1H;/q2*-1;;;;+4/p-2. The van der Waals surface area contributed by atoms with Crippen molar-refractivity contribution in [3.63, 3.8) is 0 Å². The molecule has 0 spiro atoms. The first-order valence-corrected chi connectivity index (χ1v) is 35.4. The Kier molecular flexibility index (Phi) is 21.9. The van der Waals surface area contributed by atoms with Crippen molar-refractivity contribution in [2.45, 2.75) is 63.7 Å². The molecule has 0 saturated carbocycles. The SMILES string of the molecule is CCc1cc2c(-c3ccccc3)cccc2[cH-]1.CCc1cc2c(-c3ccccc3)cccc2[cH-]1.Cl[Si](Cl)(Cl)CCC[Si]CCC[Si](Cl)(Cl)Cl.[Cl][Zr+2][Cl]. The average molecular weight is 982 g/mol. The minimum absolute atomic E-state index is 0.754. The van der Waals surface area contributed by atoms with Crippen molar-refractivity contribution < 1.29 is 20.8 Å². The monoisotopic (exact) mass is 976 g/mol. The molecule has 0 fully saturated rings. The van der Waals surface area contributed by atoms with Gasteiger partial charge in [0.15, 0.2) is 0 Å². The number of halogens is 8. The van der Waals surface area contributed by atoms with Gasteiger partial charge in [0.2, 0.25) is 0 Å². The van der Waals surface area contributed by atoms with E-state index >= 15 is 0 Å². The Hall–Kier alpha value is -0.0462. The zero-order chi connectivity index (χ0) is 38.0. The molecule has 274 valence electrons. The van der Waals surface area contributed by atoms with Gasteiger partial charge in [0.1, 0.15) is 0 Å². The molecule has 0 aliphatic heterocycles. The molecule has 6 rings (SSSR count). The van der Waals surface area contributed by atoms with Crippen molar-refractivity contribution >= 4 is 127 Å². The van der Waals surface area contributed by atoms with Gasteiger partial charge in [0.05, 0.1) is 0 Å². The molecule has 0 aromatic heterocycles. The molecule has 0 heterocycles. The maximum atomic E-state index is 5.76. The average Bonchev–Trinajstić information content (AvgIpc) is 3.76. The van der Waals surface area contributed by atoms with Crippen molar-refractivity contribution in [2.24, 2.45) is 0 Å². The Morgan fingerprint density at radius 2 is 0.904 bits per heavy atom. The van der Waals surface area contributed by atoms with Crippen LogP contribution in [0.5, 0.6) is 0 Å². The summed E-state index contributed by atoms with van der Waals surface area (Å²) in [5.74, 6) is 0. The van der Waals surface area contributed by atoms with E-state index in [1.807, 2.05) is 0 Å². The molecule has 0 nitrogen and oxygen atoms in total. The third-order valence-electron chi connectivity index (χ3n) is 8.23. The summed E-state index contributed by atoms with van der Waals surface area (Å²) in [4.78, 5) is 0. The van der Waals surface area contributed by atoms with Crippen LogP contribution in [0.2, 0.25) is 24.2 Å². The van der Waals surface area contributed by atoms with Crippen LogP contribution in [0, 0.1) is 0 Å². The normalized spacial score (nSPS) is 11.1. The first-order chi connectivity index (χ1) is 24.9. The number of fused-ring (bicyclic) bond motifs is 2. The maximum absolute atomic E-state index is 5.76. The Morgan fingerprint density at radius 3 is 1.23 bits per heavy atom. The van der Waals surface area contributed by atoms with Gasteiger partial charge in [-0.3, -0.25) is 0 Å². The van der Waals surface area contributed by atoms with Gasteiger partial charge < -0.3 is 0 Å². The van der Waals surface area contributed by atoms with Crippen LogP contribution in [-0.4, -0.2) is 21.5 Å². The molecule has 0 atom stereocenters. The van der Waals surface area contributed by atoms with E-state index in [1.165, 1.54) is 54.9 Å². The van der Waals surface area contributed by atoms with E-state index in [-0.39, 0.29) is 0 Å². The van der Waals surface area contributed by atoms with Crippen LogP contribution in [0.1, 0.15) is 37.8 Å². The van der Waals surface area contributed by atoms with Gasteiger partial charge in [-0.1, -0.05) is 123 Å². The summed E-state index contributed by atoms with van der Waals surface area (Å²) in [5, 5.41) is 5.44. The summed E-state index contributed by atoms with van der Waals surface area (Å²) >= 11 is 33.7. The molecule has 52 heavy (non-hydrogen) atoms. The number of rotatable bonds is 12. The van der Waals surface area contributed by atoms with Crippen LogP contribution in [0.3, 0.4) is 0 Å². The summed E-state index contributed by atoms with van der Waals surface area (Å²) in [6, 6.07) is 42.5. The molecule has 12 heteroatoms. The number of benzene rings is 4. The minimum atomic E-state index is -2.39. The predicted molar refractivity (Wildman–Crippen MR) is 241 cm³/mol. The Labute approximate surface area is 361 Å². The summed E-state index contributed by atoms with van der Waals surface area (Å²) in [6.07, 6.45) is 4.21. The number of aryl methyl sites for hydroxylation is 2. The molecule has 6 aromatic rings. The van der Waals surface area contributed by atoms with Gasteiger partial charge in [-0.15, -0.1) is 136 Å². The molecule has 0 N–H and O–H groups in total. The number of hydrogen-bond donors (Lipinski definition) is 0. The van der Waals surface area contributed by atoms with Crippen LogP contribution >= 0.6 is 83.5 Å². The Balaban J connectivity index is 0.000000203. The fraction of sp³-hybridized carbons (Fsp3) is 0.250. The molecule has 0 amide bonds. The van der Waals surface area contributed by atoms with Crippen molar-refractivity contribution in [1.29, 1.82) is 0 Å². The first-order valence-electron chi connectivity index (χ1n) is 17.2. The molecule has 0 saturated heterocycles. The second-order valence-electron chi connectivity index (χ2n) is 12.0. The molecule has 0 bridgehead atoms. The van der Waals surface area contributed by atoms with Crippen LogP contribution < -0.4 is 0 Å². The van der Waals surface area contributed by atoms with E-state index < -0.39 is 32.9 Å². The van der Waals surface area contributed by atoms with Gasteiger partial charge in [-0.25, -0.2) is 0 Å². The fourth-order valence-corrected chi connectivity index (χ4v) is 11.1. The molecule has 2 radical (unpaired) electrons. The van der Waals surface area contributed by atoms with E-state index in [2.05, 4.69) is 135 Å². The molecule has 0 aliphatic carbocycles. The molecule has 6 aromatic carbocycles. The van der Waals surface area contributed by atoms with Crippen LogP contribution in [0.15, 0.2) is 121 Å². The zero-order valence-electron chi connectivity index (χ0n) is 29.2. The Bertz CT molecular complexity index is 1730. The topological polar surface area (TPSA) is 0 Å². The van der Waals surface area contributed by atoms with E-state index in [0.717, 1.165) is 59.4 Å². The summed E-state index contributed by atoms with van der Waals surface area (Å²) in [6.45, 7) is 4.41. The first kappa shape index (κ1) is 46.3. The molecule has 0 unspecified atom stereocenters. The molecule has 0 aliphatic rings. The van der Waals surface area contributed by atoms with Crippen LogP contribution in [0.25, 0.3) is 43.8 Å². The second-order valence-corrected chi connectivity index (χ2v) is 35.8. The van der Waals surface area contributed by atoms with Gasteiger partial charge in [0.25, 0.3) is 0 Å². The summed E-state index contributed by atoms with van der Waals surface area (Å²) in [5.41, 5.74) is 8.11. The van der Waals surface area contributed by atoms with Crippen molar-refractivity contribution in [3.8, 4) is 22.3 Å². The third kappa shape index (κ3) is 17.0. The van der Waals surface area contributed by atoms with Crippen molar-refractivity contribution in [3.05, 3.63) is 132 Å². The molecular weight excluding hydrogens is 940 g/mol. The van der Waals surface area contributed by atoms with Gasteiger partial charge in [0, 0.05) is 9.52 Å². The van der Waals surface area contributed by atoms with Crippen LogP contribution in [0.4, 0.5) is 0 Å². The van der Waals surface area contributed by atoms with Gasteiger partial charge >= 0.3 is 49.9 Å². The van der Waals surface area contributed by atoms with Gasteiger partial charge in [-0.05, 0) is 36.1 Å². The Morgan fingerprint density at radius 1 is 0.538 bits per heavy atom. The van der Waals surface area contributed by atoms with Crippen molar-refractivity contribution in [2.75, 3.05) is 0 Å².